The van der Waals surface area contributed by atoms with E-state index in [0.717, 1.165) is 48.8 Å². The lowest BCUT2D eigenvalue weighted by atomic mass is 10.0. The van der Waals surface area contributed by atoms with Crippen molar-refractivity contribution in [2.24, 2.45) is 7.05 Å². The third-order valence-electron chi connectivity index (χ3n) is 4.51. The minimum Gasteiger partial charge on any atom is -0.348 e. The van der Waals surface area contributed by atoms with Crippen molar-refractivity contribution in [3.05, 3.63) is 52.3 Å². The van der Waals surface area contributed by atoms with E-state index in [4.69, 9.17) is 11.6 Å². The fraction of sp³-hybridized carbons (Fsp3) is 0.444. The number of hydrogen-bond donors (Lipinski definition) is 1. The van der Waals surface area contributed by atoms with Gasteiger partial charge in [-0.05, 0) is 37.5 Å². The van der Waals surface area contributed by atoms with Gasteiger partial charge in [-0.25, -0.2) is 0 Å². The molecule has 3 rings (SSSR count). The number of halogens is 1. The molecular formula is C18H23ClN4O. The van der Waals surface area contributed by atoms with Crippen molar-refractivity contribution in [2.45, 2.75) is 32.4 Å². The highest BCUT2D eigenvalue weighted by molar-refractivity contribution is 6.31. The molecule has 24 heavy (non-hydrogen) atoms. The summed E-state index contributed by atoms with van der Waals surface area (Å²) in [6, 6.07) is 10.0. The number of carbonyl (C=O) groups is 1. The Hall–Kier alpha value is -1.85. The summed E-state index contributed by atoms with van der Waals surface area (Å²) in [5.41, 5.74) is 2.63. The molecule has 1 N–H and O–H groups in total. The number of likely N-dealkylation sites (tertiary alicyclic amines) is 1. The summed E-state index contributed by atoms with van der Waals surface area (Å²) < 4.78 is 1.64. The summed E-state index contributed by atoms with van der Waals surface area (Å²) in [4.78, 5) is 14.7. The second-order valence-electron chi connectivity index (χ2n) is 6.41. The third-order valence-corrected chi connectivity index (χ3v) is 4.88. The molecule has 1 aliphatic heterocycles. The first-order valence-corrected chi connectivity index (χ1v) is 8.68. The van der Waals surface area contributed by atoms with E-state index in [-0.39, 0.29) is 11.9 Å². The summed E-state index contributed by atoms with van der Waals surface area (Å²) in [5.74, 6) is -0.0392. The van der Waals surface area contributed by atoms with Crippen molar-refractivity contribution >= 4 is 17.5 Å². The van der Waals surface area contributed by atoms with Crippen LogP contribution < -0.4 is 5.32 Å². The molecule has 2 aromatic rings. The summed E-state index contributed by atoms with van der Waals surface area (Å²) in [7, 11) is 1.80. The van der Waals surface area contributed by atoms with Crippen molar-refractivity contribution in [3.8, 4) is 0 Å². The Kier molecular flexibility index (Phi) is 5.21. The average molecular weight is 347 g/mol. The van der Waals surface area contributed by atoms with Gasteiger partial charge in [0.1, 0.15) is 5.69 Å². The van der Waals surface area contributed by atoms with Crippen molar-refractivity contribution in [2.75, 3.05) is 13.1 Å². The van der Waals surface area contributed by atoms with Crippen molar-refractivity contribution in [3.63, 3.8) is 0 Å². The normalized spacial score (nSPS) is 16.3. The molecule has 5 nitrogen and oxygen atoms in total. The number of nitrogens with zero attached hydrogens (tertiary/aromatic N) is 3. The molecule has 1 aliphatic rings. The zero-order valence-electron chi connectivity index (χ0n) is 14.1. The molecule has 0 bridgehead atoms. The standard InChI is InChI=1S/C18H23ClN4O/c1-13-11-17(22(2)21-13)18(24)20-15-7-9-23(10-8-15)12-14-5-3-4-6-16(14)19/h3-6,11,15H,7-10,12H2,1-2H3,(H,20,24). The van der Waals surface area contributed by atoms with Crippen LogP contribution in [0.4, 0.5) is 0 Å². The van der Waals surface area contributed by atoms with E-state index >= 15 is 0 Å². The highest BCUT2D eigenvalue weighted by Gasteiger charge is 2.22. The second kappa shape index (κ2) is 7.36. The Labute approximate surface area is 147 Å². The lowest BCUT2D eigenvalue weighted by Crippen LogP contribution is -2.44. The van der Waals surface area contributed by atoms with Crippen LogP contribution in [-0.4, -0.2) is 39.7 Å². The molecule has 0 spiro atoms. The van der Waals surface area contributed by atoms with Gasteiger partial charge in [-0.2, -0.15) is 5.10 Å². The monoisotopic (exact) mass is 346 g/mol. The first-order chi connectivity index (χ1) is 11.5. The number of piperidine rings is 1. The van der Waals surface area contributed by atoms with Gasteiger partial charge >= 0.3 is 0 Å². The molecule has 1 aromatic carbocycles. The van der Waals surface area contributed by atoms with Gasteiger partial charge in [0.15, 0.2) is 0 Å². The number of rotatable bonds is 4. The number of aromatic nitrogens is 2. The van der Waals surface area contributed by atoms with Crippen LogP contribution in [0.15, 0.2) is 30.3 Å². The Balaban J connectivity index is 1.51. The van der Waals surface area contributed by atoms with Crippen molar-refractivity contribution in [1.29, 1.82) is 0 Å². The molecule has 6 heteroatoms. The van der Waals surface area contributed by atoms with Gasteiger partial charge in [0, 0.05) is 37.7 Å². The second-order valence-corrected chi connectivity index (χ2v) is 6.82. The summed E-state index contributed by atoms with van der Waals surface area (Å²) in [6.07, 6.45) is 1.90. The lowest BCUT2D eigenvalue weighted by molar-refractivity contribution is 0.0899. The molecule has 0 aliphatic carbocycles. The Morgan fingerprint density at radius 2 is 2.04 bits per heavy atom. The molecule has 1 fully saturated rings. The molecule has 0 saturated carbocycles. The summed E-state index contributed by atoms with van der Waals surface area (Å²) in [6.45, 7) is 4.67. The van der Waals surface area contributed by atoms with E-state index in [1.54, 1.807) is 11.7 Å². The van der Waals surface area contributed by atoms with Crippen molar-refractivity contribution in [1.82, 2.24) is 20.0 Å². The number of amides is 1. The predicted molar refractivity (Wildman–Crippen MR) is 95.2 cm³/mol. The summed E-state index contributed by atoms with van der Waals surface area (Å²) >= 11 is 6.23. The molecule has 0 radical (unpaired) electrons. The van der Waals surface area contributed by atoms with Crippen LogP contribution in [0.25, 0.3) is 0 Å². The van der Waals surface area contributed by atoms with Gasteiger partial charge in [0.2, 0.25) is 0 Å². The van der Waals surface area contributed by atoms with Gasteiger partial charge < -0.3 is 5.32 Å². The van der Waals surface area contributed by atoms with Gasteiger partial charge in [0.25, 0.3) is 5.91 Å². The largest absolute Gasteiger partial charge is 0.348 e. The van der Waals surface area contributed by atoms with Crippen LogP contribution in [0.2, 0.25) is 5.02 Å². The van der Waals surface area contributed by atoms with Crippen LogP contribution in [-0.2, 0) is 13.6 Å². The minimum atomic E-state index is -0.0392. The molecule has 0 unspecified atom stereocenters. The van der Waals surface area contributed by atoms with Gasteiger partial charge in [-0.1, -0.05) is 29.8 Å². The molecular weight excluding hydrogens is 324 g/mol. The van der Waals surface area contributed by atoms with Gasteiger partial charge in [0.05, 0.1) is 5.69 Å². The number of hydrogen-bond acceptors (Lipinski definition) is 3. The van der Waals surface area contributed by atoms with E-state index in [0.29, 0.717) is 5.69 Å². The highest BCUT2D eigenvalue weighted by atomic mass is 35.5. The van der Waals surface area contributed by atoms with E-state index in [1.807, 2.05) is 31.2 Å². The first-order valence-electron chi connectivity index (χ1n) is 8.30. The zero-order chi connectivity index (χ0) is 17.1. The van der Waals surface area contributed by atoms with Gasteiger partial charge in [-0.3, -0.25) is 14.4 Å². The smallest absolute Gasteiger partial charge is 0.269 e. The molecule has 2 heterocycles. The average Bonchev–Trinajstić information content (AvgIpc) is 2.90. The van der Waals surface area contributed by atoms with Crippen LogP contribution >= 0.6 is 11.6 Å². The first kappa shape index (κ1) is 17.0. The van der Waals surface area contributed by atoms with Crippen LogP contribution in [0.1, 0.15) is 34.6 Å². The van der Waals surface area contributed by atoms with E-state index < -0.39 is 0 Å². The maximum atomic E-state index is 12.4. The number of carbonyl (C=O) groups excluding carboxylic acids is 1. The lowest BCUT2D eigenvalue weighted by Gasteiger charge is -2.32. The SMILES string of the molecule is Cc1cc(C(=O)NC2CCN(Cc3ccccc3Cl)CC2)n(C)n1. The Morgan fingerprint density at radius 1 is 1.33 bits per heavy atom. The Bertz CT molecular complexity index is 720. The fourth-order valence-electron chi connectivity index (χ4n) is 3.19. The maximum absolute atomic E-state index is 12.4. The van der Waals surface area contributed by atoms with Crippen molar-refractivity contribution < 1.29 is 4.79 Å². The number of aryl methyl sites for hydroxylation is 2. The number of nitrogens with one attached hydrogen (secondary N) is 1. The topological polar surface area (TPSA) is 50.2 Å². The maximum Gasteiger partial charge on any atom is 0.269 e. The van der Waals surface area contributed by atoms with Crippen LogP contribution in [0.5, 0.6) is 0 Å². The molecule has 1 saturated heterocycles. The van der Waals surface area contributed by atoms with E-state index in [9.17, 15) is 4.79 Å². The molecule has 0 atom stereocenters. The van der Waals surface area contributed by atoms with E-state index in [1.165, 1.54) is 0 Å². The molecule has 1 amide bonds. The minimum absolute atomic E-state index is 0.0392. The zero-order valence-corrected chi connectivity index (χ0v) is 14.9. The fourth-order valence-corrected chi connectivity index (χ4v) is 3.38. The quantitative estimate of drug-likeness (QED) is 0.926. The Morgan fingerprint density at radius 3 is 2.67 bits per heavy atom. The number of benzene rings is 1. The van der Waals surface area contributed by atoms with Gasteiger partial charge in [-0.15, -0.1) is 0 Å². The molecule has 1 aromatic heterocycles. The predicted octanol–water partition coefficient (Wildman–Crippen LogP) is 2.78. The summed E-state index contributed by atoms with van der Waals surface area (Å²) in [5, 5.41) is 8.18. The molecule has 128 valence electrons. The van der Waals surface area contributed by atoms with E-state index in [2.05, 4.69) is 21.4 Å². The van der Waals surface area contributed by atoms with Crippen LogP contribution in [0.3, 0.4) is 0 Å². The highest BCUT2D eigenvalue weighted by Crippen LogP contribution is 2.20. The van der Waals surface area contributed by atoms with Crippen LogP contribution in [0, 0.1) is 6.92 Å². The third kappa shape index (κ3) is 3.97.